The number of hydrogen-bond acceptors (Lipinski definition) is 6. The molecule has 2 aliphatic rings. The Kier molecular flexibility index (Phi) is 8.21. The normalized spacial score (nSPS) is 16.9. The monoisotopic (exact) mass is 697 g/mol. The first-order valence-electron chi connectivity index (χ1n) is 16.3. The lowest BCUT2D eigenvalue weighted by molar-refractivity contribution is 0.0685. The fourth-order valence-corrected chi connectivity index (χ4v) is 9.53. The van der Waals surface area contributed by atoms with Crippen molar-refractivity contribution in [2.45, 2.75) is 60.8 Å². The Bertz CT molecular complexity index is 2240. The highest BCUT2D eigenvalue weighted by atomic mass is 35.5. The van der Waals surface area contributed by atoms with Crippen LogP contribution in [-0.4, -0.2) is 41.8 Å². The van der Waals surface area contributed by atoms with Gasteiger partial charge < -0.3 is 14.4 Å². The molecular weight excluding hydrogens is 662 g/mol. The first kappa shape index (κ1) is 31.4. The van der Waals surface area contributed by atoms with Crippen LogP contribution in [-0.2, 0) is 44.3 Å². The van der Waals surface area contributed by atoms with Gasteiger partial charge in [-0.2, -0.15) is 10.2 Å². The van der Waals surface area contributed by atoms with Crippen molar-refractivity contribution in [2.24, 2.45) is 14.1 Å². The van der Waals surface area contributed by atoms with Crippen molar-refractivity contribution in [3.8, 4) is 16.9 Å². The lowest BCUT2D eigenvalue weighted by Crippen LogP contribution is -2.11. The summed E-state index contributed by atoms with van der Waals surface area (Å²) in [6.45, 7) is 3.41. The Hall–Kier alpha value is -3.86. The second kappa shape index (κ2) is 12.5. The minimum Gasteiger partial charge on any atom is -0.493 e. The van der Waals surface area contributed by atoms with E-state index in [9.17, 15) is 9.90 Å². The second-order valence-corrected chi connectivity index (χ2v) is 15.2. The smallest absolute Gasteiger partial charge is 0.352 e. The van der Waals surface area contributed by atoms with Crippen molar-refractivity contribution in [3.63, 3.8) is 0 Å². The van der Waals surface area contributed by atoms with E-state index >= 15 is 0 Å². The van der Waals surface area contributed by atoms with Crippen molar-refractivity contribution < 1.29 is 14.6 Å². The maximum Gasteiger partial charge on any atom is 0.352 e. The van der Waals surface area contributed by atoms with Crippen LogP contribution in [0.2, 0.25) is 5.02 Å². The summed E-state index contributed by atoms with van der Waals surface area (Å²) >= 11 is 10.7. The van der Waals surface area contributed by atoms with E-state index in [1.807, 2.05) is 41.5 Å². The molecule has 11 heteroatoms. The molecule has 8 bridgehead atoms. The number of aromatic nitrogens is 5. The van der Waals surface area contributed by atoms with Crippen LogP contribution in [0, 0.1) is 0 Å². The molecule has 6 aromatic rings. The third kappa shape index (κ3) is 5.38. The molecule has 1 N–H and O–H groups in total. The topological polar surface area (TPSA) is 87.1 Å². The number of thioether (sulfide) groups is 2. The van der Waals surface area contributed by atoms with Crippen molar-refractivity contribution in [2.75, 3.05) is 6.61 Å². The van der Waals surface area contributed by atoms with Gasteiger partial charge >= 0.3 is 5.97 Å². The number of aromatic carboxylic acids is 1. The number of carboxylic acids is 1. The van der Waals surface area contributed by atoms with E-state index < -0.39 is 5.97 Å². The van der Waals surface area contributed by atoms with Crippen LogP contribution in [0.4, 0.5) is 0 Å². The van der Waals surface area contributed by atoms with Gasteiger partial charge in [0.2, 0.25) is 0 Å². The fourth-order valence-electron chi connectivity index (χ4n) is 7.45. The maximum atomic E-state index is 12.9. The van der Waals surface area contributed by atoms with Crippen LogP contribution in [0.3, 0.4) is 0 Å². The number of benzene rings is 3. The summed E-state index contributed by atoms with van der Waals surface area (Å²) in [5.74, 6) is 2.04. The van der Waals surface area contributed by atoms with Crippen LogP contribution in [0.25, 0.3) is 32.8 Å². The van der Waals surface area contributed by atoms with Gasteiger partial charge in [-0.25, -0.2) is 4.79 Å². The number of ether oxygens (including phenoxy) is 1. The average molecular weight is 698 g/mol. The molecule has 0 fully saturated rings. The number of carboxylic acid groups (broad SMARTS) is 1. The van der Waals surface area contributed by atoms with E-state index in [4.69, 9.17) is 26.5 Å². The summed E-state index contributed by atoms with van der Waals surface area (Å²) in [6, 6.07) is 18.8. The van der Waals surface area contributed by atoms with Crippen molar-refractivity contribution in [1.29, 1.82) is 0 Å². The zero-order valence-corrected chi connectivity index (χ0v) is 29.5. The molecule has 3 aromatic carbocycles. The minimum atomic E-state index is -0.950. The zero-order valence-electron chi connectivity index (χ0n) is 27.1. The van der Waals surface area contributed by atoms with E-state index in [1.165, 1.54) is 11.4 Å². The number of fused-ring (bicyclic) bond motifs is 10. The number of hydrogen-bond donors (Lipinski definition) is 1. The Labute approximate surface area is 292 Å². The largest absolute Gasteiger partial charge is 0.493 e. The van der Waals surface area contributed by atoms with Gasteiger partial charge in [-0.15, -0.1) is 23.5 Å². The van der Waals surface area contributed by atoms with Crippen LogP contribution in [0.15, 0.2) is 59.5 Å². The molecule has 8 rings (SSSR count). The number of aryl methyl sites for hydroxylation is 3. The molecule has 0 saturated heterocycles. The fraction of sp³-hybridized carbons (Fsp3) is 0.324. The molecule has 1 atom stereocenters. The summed E-state index contributed by atoms with van der Waals surface area (Å²) in [6.07, 6.45) is 2.58. The van der Waals surface area contributed by atoms with E-state index in [2.05, 4.69) is 48.0 Å². The van der Waals surface area contributed by atoms with Crippen LogP contribution in [0.5, 0.6) is 5.75 Å². The molecular formula is C37H36ClN5O3S2. The predicted octanol–water partition coefficient (Wildman–Crippen LogP) is 8.84. The molecule has 0 spiro atoms. The summed E-state index contributed by atoms with van der Waals surface area (Å²) in [5.41, 5.74) is 8.22. The highest BCUT2D eigenvalue weighted by molar-refractivity contribution is 7.98. The zero-order chi connectivity index (χ0) is 33.1. The summed E-state index contributed by atoms with van der Waals surface area (Å²) in [7, 11) is 3.86. The molecule has 5 heterocycles. The van der Waals surface area contributed by atoms with Crippen LogP contribution >= 0.6 is 35.1 Å². The molecule has 48 heavy (non-hydrogen) atoms. The van der Waals surface area contributed by atoms with Gasteiger partial charge in [-0.1, -0.05) is 48.9 Å². The van der Waals surface area contributed by atoms with Crippen LogP contribution < -0.4 is 4.74 Å². The molecule has 3 aromatic heterocycles. The SMILES string of the molecule is C[C@@H]1CCOc2cc(cc3ccccc23)SCc2cc(nn2C)CSCc2nn3c(c2-c2c(Cl)ccc4c1c(C(=O)O)n(C)c24)CCC3. The summed E-state index contributed by atoms with van der Waals surface area (Å²) < 4.78 is 12.5. The minimum absolute atomic E-state index is 0.0848. The first-order valence-corrected chi connectivity index (χ1v) is 18.8. The van der Waals surface area contributed by atoms with Gasteiger partial charge in [-0.3, -0.25) is 9.36 Å². The standard InChI is InChI=1S/C37H36ClN5O3S2/c1-21-12-14-46-31-17-25(15-22-7-4-5-8-26(22)31)48-19-24-16-23(39-42(24)3)18-47-20-29-34(30-9-6-13-43(30)40-29)33-28(38)11-10-27-32(21)36(37(44)45)41(2)35(27)33/h4-5,7-8,10-11,15-17,21H,6,9,12-14,18-20H2,1-3H3,(H,44,45)/t21-/m1/s1. The Morgan fingerprint density at radius 3 is 2.73 bits per heavy atom. The molecule has 0 amide bonds. The summed E-state index contributed by atoms with van der Waals surface area (Å²) in [4.78, 5) is 14.1. The Morgan fingerprint density at radius 2 is 1.88 bits per heavy atom. The lowest BCUT2D eigenvalue weighted by atomic mass is 9.92. The van der Waals surface area contributed by atoms with Crippen molar-refractivity contribution in [3.05, 3.63) is 93.7 Å². The molecule has 0 radical (unpaired) electrons. The van der Waals surface area contributed by atoms with E-state index in [0.29, 0.717) is 23.8 Å². The van der Waals surface area contributed by atoms with Crippen molar-refractivity contribution >= 4 is 62.8 Å². The second-order valence-electron chi connectivity index (χ2n) is 12.8. The molecule has 0 saturated carbocycles. The molecule has 0 unspecified atom stereocenters. The number of halogens is 1. The van der Waals surface area contributed by atoms with Gasteiger partial charge in [-0.05, 0) is 60.4 Å². The highest BCUT2D eigenvalue weighted by Crippen LogP contribution is 2.45. The quantitative estimate of drug-likeness (QED) is 0.184. The molecule has 8 nitrogen and oxygen atoms in total. The molecule has 0 aliphatic carbocycles. The third-order valence-corrected chi connectivity index (χ3v) is 12.0. The van der Waals surface area contributed by atoms with Gasteiger partial charge in [0.1, 0.15) is 11.4 Å². The van der Waals surface area contributed by atoms with E-state index in [0.717, 1.165) is 91.3 Å². The van der Waals surface area contributed by atoms with Crippen molar-refractivity contribution in [1.82, 2.24) is 24.1 Å². The van der Waals surface area contributed by atoms with Gasteiger partial charge in [0.15, 0.2) is 0 Å². The third-order valence-electron chi connectivity index (χ3n) is 9.71. The molecule has 246 valence electrons. The van der Waals surface area contributed by atoms with E-state index in [-0.39, 0.29) is 11.6 Å². The number of rotatable bonds is 1. The average Bonchev–Trinajstić information content (AvgIpc) is 3.82. The van der Waals surface area contributed by atoms with E-state index in [1.54, 1.807) is 23.5 Å². The Balaban J connectivity index is 1.28. The predicted molar refractivity (Wildman–Crippen MR) is 195 cm³/mol. The van der Waals surface area contributed by atoms with Crippen LogP contribution in [0.1, 0.15) is 64.5 Å². The number of nitrogens with zero attached hydrogens (tertiary/aromatic N) is 5. The highest BCUT2D eigenvalue weighted by Gasteiger charge is 2.31. The molecule has 2 aliphatic heterocycles. The van der Waals surface area contributed by atoms with Gasteiger partial charge in [0, 0.05) is 76.1 Å². The lowest BCUT2D eigenvalue weighted by Gasteiger charge is -2.16. The van der Waals surface area contributed by atoms with Gasteiger partial charge in [0.05, 0.1) is 28.5 Å². The first-order chi connectivity index (χ1) is 23.3. The maximum absolute atomic E-state index is 12.9. The Morgan fingerprint density at radius 1 is 1.02 bits per heavy atom. The number of carbonyl (C=O) groups is 1. The summed E-state index contributed by atoms with van der Waals surface area (Å²) in [5, 5.41) is 24.2. The van der Waals surface area contributed by atoms with Gasteiger partial charge in [0.25, 0.3) is 0 Å².